The van der Waals surface area contributed by atoms with E-state index in [-0.39, 0.29) is 17.0 Å². The summed E-state index contributed by atoms with van der Waals surface area (Å²) in [5.74, 6) is -0.167. The number of anilines is 1. The molecule has 0 radical (unpaired) electrons. The molecule has 1 unspecified atom stereocenters. The molecule has 0 bridgehead atoms. The number of aromatic nitrogens is 2. The molecule has 2 N–H and O–H groups in total. The van der Waals surface area contributed by atoms with Gasteiger partial charge in [-0.1, -0.05) is 0 Å². The molecule has 10 heteroatoms. The number of thiophene rings is 1. The Bertz CT molecular complexity index is 1100. The monoisotopic (exact) mass is 427 g/mol. The van der Waals surface area contributed by atoms with Gasteiger partial charge in [0.2, 0.25) is 5.91 Å². The van der Waals surface area contributed by atoms with E-state index in [4.69, 9.17) is 0 Å². The number of hydrogen-bond acceptors (Lipinski definition) is 7. The Hall–Kier alpha value is -3.24. The van der Waals surface area contributed by atoms with Crippen LogP contribution in [0.2, 0.25) is 0 Å². The van der Waals surface area contributed by atoms with Gasteiger partial charge in [-0.3, -0.25) is 24.5 Å². The molecule has 4 rings (SSSR count). The molecule has 0 fully saturated rings. The van der Waals surface area contributed by atoms with Crippen LogP contribution in [0.15, 0.2) is 35.7 Å². The number of nitro groups is 1. The number of nitrogens with one attached hydrogen (secondary N) is 1. The number of carbonyl (C=O) groups excluding carboxylic acids is 1. The van der Waals surface area contributed by atoms with Gasteiger partial charge in [-0.05, 0) is 36.4 Å². The van der Waals surface area contributed by atoms with Crippen molar-refractivity contribution in [2.24, 2.45) is 7.05 Å². The highest BCUT2D eigenvalue weighted by molar-refractivity contribution is 7.10. The van der Waals surface area contributed by atoms with Crippen molar-refractivity contribution < 1.29 is 14.8 Å². The number of rotatable bonds is 5. The number of aromatic hydroxyl groups is 1. The molecule has 1 aliphatic heterocycles. The lowest BCUT2D eigenvalue weighted by Crippen LogP contribution is -2.40. The van der Waals surface area contributed by atoms with Gasteiger partial charge in [-0.2, -0.15) is 5.10 Å². The van der Waals surface area contributed by atoms with Crippen LogP contribution >= 0.6 is 11.3 Å². The van der Waals surface area contributed by atoms with Crippen molar-refractivity contribution in [1.29, 1.82) is 0 Å². The first-order valence-electron chi connectivity index (χ1n) is 9.41. The second kappa shape index (κ2) is 7.88. The van der Waals surface area contributed by atoms with E-state index in [0.717, 1.165) is 17.7 Å². The molecular formula is C20H21N5O4S. The van der Waals surface area contributed by atoms with Gasteiger partial charge in [0.1, 0.15) is 11.8 Å². The number of phenols is 1. The van der Waals surface area contributed by atoms with E-state index in [9.17, 15) is 20.0 Å². The van der Waals surface area contributed by atoms with Crippen LogP contribution in [-0.4, -0.2) is 37.2 Å². The van der Waals surface area contributed by atoms with Crippen LogP contribution in [0.1, 0.15) is 27.7 Å². The van der Waals surface area contributed by atoms with E-state index in [1.54, 1.807) is 29.1 Å². The molecular weight excluding hydrogens is 406 g/mol. The summed E-state index contributed by atoms with van der Waals surface area (Å²) in [6.07, 6.45) is 0.773. The lowest BCUT2D eigenvalue weighted by molar-refractivity contribution is -0.385. The van der Waals surface area contributed by atoms with Crippen molar-refractivity contribution in [3.8, 4) is 5.75 Å². The highest BCUT2D eigenvalue weighted by Gasteiger charge is 2.34. The molecule has 2 aromatic heterocycles. The number of phenolic OH excluding ortho intramolecular Hbond substituents is 1. The number of non-ortho nitro benzene ring substituents is 1. The maximum atomic E-state index is 13.3. The third-order valence-corrected chi connectivity index (χ3v) is 6.36. The van der Waals surface area contributed by atoms with Crippen molar-refractivity contribution in [1.82, 2.24) is 14.7 Å². The first-order valence-corrected chi connectivity index (χ1v) is 10.3. The second-order valence-corrected chi connectivity index (χ2v) is 8.28. The molecule has 1 aromatic carbocycles. The molecule has 0 saturated carbocycles. The molecule has 0 spiro atoms. The molecule has 1 amide bonds. The molecule has 0 aliphatic carbocycles. The van der Waals surface area contributed by atoms with Crippen molar-refractivity contribution in [3.05, 3.63) is 67.5 Å². The third-order valence-electron chi connectivity index (χ3n) is 5.33. The van der Waals surface area contributed by atoms with Crippen LogP contribution in [0.25, 0.3) is 0 Å². The van der Waals surface area contributed by atoms with Gasteiger partial charge in [-0.15, -0.1) is 11.3 Å². The average molecular weight is 427 g/mol. The number of aryl methyl sites for hydroxylation is 2. The lowest BCUT2D eigenvalue weighted by atomic mass is 9.99. The van der Waals surface area contributed by atoms with E-state index in [1.165, 1.54) is 23.1 Å². The average Bonchev–Trinajstić information content (AvgIpc) is 3.29. The largest absolute Gasteiger partial charge is 0.508 e. The molecule has 3 heterocycles. The Morgan fingerprint density at radius 1 is 1.37 bits per heavy atom. The Morgan fingerprint density at radius 3 is 2.87 bits per heavy atom. The lowest BCUT2D eigenvalue weighted by Gasteiger charge is -2.34. The standard InChI is InChI=1S/C20H21N5O4S/c1-12-9-18(22-23(12)2)21-20(27)19(15-10-14(25(28)29)3-4-16(15)26)24-7-5-17-13(11-24)6-8-30-17/h3-4,6,8-10,19,26H,5,7,11H2,1-2H3,(H,21,22,27). The molecule has 156 valence electrons. The van der Waals surface area contributed by atoms with Gasteiger partial charge in [0.25, 0.3) is 5.69 Å². The number of nitrogens with zero attached hydrogens (tertiary/aromatic N) is 4. The van der Waals surface area contributed by atoms with Gasteiger partial charge in [0, 0.05) is 54.5 Å². The first-order chi connectivity index (χ1) is 14.3. The van der Waals surface area contributed by atoms with Crippen LogP contribution < -0.4 is 5.32 Å². The number of amides is 1. The SMILES string of the molecule is Cc1cc(NC(=O)C(c2cc([N+](=O)[O-])ccc2O)N2CCc3sccc3C2)nn1C. The van der Waals surface area contributed by atoms with Crippen molar-refractivity contribution in [2.45, 2.75) is 25.9 Å². The van der Waals surface area contributed by atoms with E-state index >= 15 is 0 Å². The summed E-state index contributed by atoms with van der Waals surface area (Å²) >= 11 is 1.68. The number of hydrogen-bond donors (Lipinski definition) is 2. The first kappa shape index (κ1) is 20.0. The Kier molecular flexibility index (Phi) is 5.27. The fraction of sp³-hybridized carbons (Fsp3) is 0.300. The minimum atomic E-state index is -0.903. The van der Waals surface area contributed by atoms with Gasteiger partial charge in [0.15, 0.2) is 5.82 Å². The molecule has 1 atom stereocenters. The topological polar surface area (TPSA) is 114 Å². The molecule has 30 heavy (non-hydrogen) atoms. The Morgan fingerprint density at radius 2 is 2.17 bits per heavy atom. The van der Waals surface area contributed by atoms with Crippen LogP contribution in [0.5, 0.6) is 5.75 Å². The zero-order valence-electron chi connectivity index (χ0n) is 16.5. The minimum Gasteiger partial charge on any atom is -0.508 e. The summed E-state index contributed by atoms with van der Waals surface area (Å²) in [4.78, 5) is 27.3. The molecule has 1 aliphatic rings. The fourth-order valence-electron chi connectivity index (χ4n) is 3.69. The van der Waals surface area contributed by atoms with Crippen LogP contribution in [0.3, 0.4) is 0 Å². The fourth-order valence-corrected chi connectivity index (χ4v) is 4.57. The van der Waals surface area contributed by atoms with Crippen molar-refractivity contribution >= 4 is 28.7 Å². The van der Waals surface area contributed by atoms with Crippen molar-refractivity contribution in [2.75, 3.05) is 11.9 Å². The molecule has 0 saturated heterocycles. The summed E-state index contributed by atoms with van der Waals surface area (Å²) in [5, 5.41) is 30.9. The number of benzene rings is 1. The smallest absolute Gasteiger partial charge is 0.270 e. The number of nitro benzene ring substituents is 1. The van der Waals surface area contributed by atoms with E-state index in [0.29, 0.717) is 18.9 Å². The number of carbonyl (C=O) groups is 1. The van der Waals surface area contributed by atoms with Gasteiger partial charge in [0.05, 0.1) is 4.92 Å². The van der Waals surface area contributed by atoms with E-state index in [2.05, 4.69) is 10.4 Å². The summed E-state index contributed by atoms with van der Waals surface area (Å²) < 4.78 is 1.65. The molecule has 3 aromatic rings. The van der Waals surface area contributed by atoms with Gasteiger partial charge >= 0.3 is 0 Å². The third kappa shape index (κ3) is 3.79. The normalized spacial score (nSPS) is 14.9. The van der Waals surface area contributed by atoms with E-state index in [1.807, 2.05) is 23.3 Å². The predicted molar refractivity (Wildman–Crippen MR) is 113 cm³/mol. The second-order valence-electron chi connectivity index (χ2n) is 7.28. The summed E-state index contributed by atoms with van der Waals surface area (Å²) in [6, 6.07) is 6.63. The van der Waals surface area contributed by atoms with Crippen molar-refractivity contribution in [3.63, 3.8) is 0 Å². The zero-order valence-corrected chi connectivity index (χ0v) is 17.3. The quantitative estimate of drug-likeness (QED) is 0.478. The summed E-state index contributed by atoms with van der Waals surface area (Å²) in [5.41, 5.74) is 2.03. The van der Waals surface area contributed by atoms with Crippen LogP contribution in [0, 0.1) is 17.0 Å². The number of fused-ring (bicyclic) bond motifs is 1. The van der Waals surface area contributed by atoms with E-state index < -0.39 is 16.9 Å². The molecule has 9 nitrogen and oxygen atoms in total. The van der Waals surface area contributed by atoms with Gasteiger partial charge < -0.3 is 10.4 Å². The van der Waals surface area contributed by atoms with Crippen LogP contribution in [0.4, 0.5) is 11.5 Å². The highest BCUT2D eigenvalue weighted by atomic mass is 32.1. The summed E-state index contributed by atoms with van der Waals surface area (Å²) in [7, 11) is 1.78. The predicted octanol–water partition coefficient (Wildman–Crippen LogP) is 3.14. The summed E-state index contributed by atoms with van der Waals surface area (Å²) in [6.45, 7) is 2.98. The maximum absolute atomic E-state index is 13.3. The minimum absolute atomic E-state index is 0.158. The Balaban J connectivity index is 1.72. The zero-order chi connectivity index (χ0) is 21.4. The highest BCUT2D eigenvalue weighted by Crippen LogP contribution is 2.36. The Labute approximate surface area is 176 Å². The van der Waals surface area contributed by atoms with Gasteiger partial charge in [-0.25, -0.2) is 0 Å². The van der Waals surface area contributed by atoms with Crippen LogP contribution in [-0.2, 0) is 24.8 Å². The maximum Gasteiger partial charge on any atom is 0.270 e.